The van der Waals surface area contributed by atoms with Crippen molar-refractivity contribution in [1.82, 2.24) is 10.2 Å². The molecule has 3 aromatic rings. The van der Waals surface area contributed by atoms with E-state index in [9.17, 15) is 18.0 Å². The molecule has 0 spiro atoms. The Kier molecular flexibility index (Phi) is 11.4. The van der Waals surface area contributed by atoms with E-state index in [2.05, 4.69) is 5.32 Å². The molecule has 2 atom stereocenters. The van der Waals surface area contributed by atoms with Crippen LogP contribution in [-0.4, -0.2) is 56.8 Å². The Labute approximate surface area is 269 Å². The summed E-state index contributed by atoms with van der Waals surface area (Å²) in [7, 11) is -3.69. The highest BCUT2D eigenvalue weighted by molar-refractivity contribution is 7.92. The van der Waals surface area contributed by atoms with Gasteiger partial charge in [0.05, 0.1) is 11.9 Å². The molecule has 3 aromatic carbocycles. The van der Waals surface area contributed by atoms with E-state index in [1.54, 1.807) is 36.4 Å². The van der Waals surface area contributed by atoms with Crippen LogP contribution in [0.15, 0.2) is 66.7 Å². The van der Waals surface area contributed by atoms with Crippen LogP contribution in [-0.2, 0) is 32.6 Å². The number of nitrogens with one attached hydrogen (secondary N) is 1. The molecule has 1 N–H and O–H groups in total. The normalized spacial score (nSPS) is 13.7. The fourth-order valence-electron chi connectivity index (χ4n) is 4.89. The van der Waals surface area contributed by atoms with Gasteiger partial charge >= 0.3 is 0 Å². The van der Waals surface area contributed by atoms with Gasteiger partial charge in [0.2, 0.25) is 28.6 Å². The van der Waals surface area contributed by atoms with Crippen LogP contribution in [0.3, 0.4) is 0 Å². The number of carbonyl (C=O) groups is 2. The predicted octanol–water partition coefficient (Wildman–Crippen LogP) is 5.82. The fraction of sp³-hybridized carbons (Fsp3) is 0.375. The van der Waals surface area contributed by atoms with Gasteiger partial charge in [-0.3, -0.25) is 13.9 Å². The van der Waals surface area contributed by atoms with Crippen molar-refractivity contribution >= 4 is 50.7 Å². The molecule has 236 valence electrons. The molecule has 2 amide bonds. The van der Waals surface area contributed by atoms with Crippen LogP contribution in [0.5, 0.6) is 11.5 Å². The Morgan fingerprint density at radius 2 is 1.66 bits per heavy atom. The van der Waals surface area contributed by atoms with Gasteiger partial charge in [0.15, 0.2) is 11.5 Å². The Morgan fingerprint density at radius 1 is 0.977 bits per heavy atom. The lowest BCUT2D eigenvalue weighted by Crippen LogP contribution is -2.52. The number of benzene rings is 3. The molecule has 1 aliphatic heterocycles. The number of ether oxygens (including phenoxy) is 2. The Morgan fingerprint density at radius 3 is 2.32 bits per heavy atom. The fourth-order valence-corrected chi connectivity index (χ4v) is 6.37. The van der Waals surface area contributed by atoms with E-state index in [0.29, 0.717) is 32.8 Å². The highest BCUT2D eigenvalue weighted by Gasteiger charge is 2.32. The highest BCUT2D eigenvalue weighted by atomic mass is 35.5. The number of hydrogen-bond acceptors (Lipinski definition) is 6. The summed E-state index contributed by atoms with van der Waals surface area (Å²) in [5.41, 5.74) is 1.81. The molecule has 44 heavy (non-hydrogen) atoms. The summed E-state index contributed by atoms with van der Waals surface area (Å²) in [5.74, 6) is 0.357. The lowest BCUT2D eigenvalue weighted by molar-refractivity contribution is -0.141. The van der Waals surface area contributed by atoms with Gasteiger partial charge in [0.25, 0.3) is 0 Å². The van der Waals surface area contributed by atoms with Gasteiger partial charge in [-0.25, -0.2) is 8.42 Å². The number of carbonyl (C=O) groups excluding carboxylic acids is 2. The molecule has 9 nitrogen and oxygen atoms in total. The molecular weight excluding hydrogens is 625 g/mol. The number of fused-ring (bicyclic) bond motifs is 1. The quantitative estimate of drug-likeness (QED) is 0.233. The number of halogens is 2. The Bertz CT molecular complexity index is 1550. The van der Waals surface area contributed by atoms with Crippen molar-refractivity contribution in [2.75, 3.05) is 23.9 Å². The first-order chi connectivity index (χ1) is 21.0. The number of nitrogens with zero attached hydrogens (tertiary/aromatic N) is 2. The summed E-state index contributed by atoms with van der Waals surface area (Å²) in [4.78, 5) is 29.3. The molecule has 0 saturated heterocycles. The Balaban J connectivity index is 1.61. The third-order valence-electron chi connectivity index (χ3n) is 7.46. The zero-order valence-corrected chi connectivity index (χ0v) is 27.3. The van der Waals surface area contributed by atoms with E-state index >= 15 is 0 Å². The van der Waals surface area contributed by atoms with Crippen molar-refractivity contribution in [3.8, 4) is 11.5 Å². The standard InChI is InChI=1S/C32H37Cl2N3O6S/c1-4-22(2)35-32(39)28(18-23-10-6-5-7-11-23)36(20-25-26(33)12-8-13-27(25)34)31(38)14-9-17-37(44(3,40)41)24-15-16-29-30(19-24)43-21-42-29/h5-8,10-13,15-16,19,22,28H,4,9,14,17-18,20-21H2,1-3H3,(H,35,39)/t22-,28-/m0/s1. The monoisotopic (exact) mass is 661 g/mol. The summed E-state index contributed by atoms with van der Waals surface area (Å²) in [6, 6.07) is 18.5. The van der Waals surface area contributed by atoms with Crippen LogP contribution in [0.4, 0.5) is 5.69 Å². The highest BCUT2D eigenvalue weighted by Crippen LogP contribution is 2.36. The number of sulfonamides is 1. The van der Waals surface area contributed by atoms with E-state index in [4.69, 9.17) is 32.7 Å². The van der Waals surface area contributed by atoms with Crippen molar-refractivity contribution < 1.29 is 27.5 Å². The average Bonchev–Trinajstić information content (AvgIpc) is 3.46. The molecule has 1 aliphatic rings. The zero-order chi connectivity index (χ0) is 31.9. The topological polar surface area (TPSA) is 105 Å². The number of rotatable bonds is 14. The van der Waals surface area contributed by atoms with E-state index in [1.165, 1.54) is 9.21 Å². The van der Waals surface area contributed by atoms with Gasteiger partial charge in [-0.2, -0.15) is 0 Å². The SMILES string of the molecule is CC[C@H](C)NC(=O)[C@H](Cc1ccccc1)N(Cc1c(Cl)cccc1Cl)C(=O)CCCN(c1ccc2c(c1)OCO2)S(C)(=O)=O. The van der Waals surface area contributed by atoms with Crippen molar-refractivity contribution in [2.45, 2.75) is 58.2 Å². The molecule has 12 heteroatoms. The van der Waals surface area contributed by atoms with Gasteiger partial charge in [0, 0.05) is 53.6 Å². The molecule has 0 saturated carbocycles. The van der Waals surface area contributed by atoms with Crippen molar-refractivity contribution in [3.05, 3.63) is 87.9 Å². The number of hydrogen-bond donors (Lipinski definition) is 1. The van der Waals surface area contributed by atoms with E-state index in [1.807, 2.05) is 44.2 Å². The van der Waals surface area contributed by atoms with Gasteiger partial charge in [-0.1, -0.05) is 66.5 Å². The largest absolute Gasteiger partial charge is 0.454 e. The summed E-state index contributed by atoms with van der Waals surface area (Å²) < 4.78 is 37.5. The molecule has 4 rings (SSSR count). The van der Waals surface area contributed by atoms with E-state index < -0.39 is 16.1 Å². The minimum Gasteiger partial charge on any atom is -0.454 e. The number of amides is 2. The summed E-state index contributed by atoms with van der Waals surface area (Å²) in [5, 5.41) is 3.78. The van der Waals surface area contributed by atoms with Crippen LogP contribution in [0, 0.1) is 0 Å². The second-order valence-corrected chi connectivity index (χ2v) is 13.4. The second kappa shape index (κ2) is 15.0. The summed E-state index contributed by atoms with van der Waals surface area (Å²) in [6.07, 6.45) is 2.26. The minimum atomic E-state index is -3.69. The predicted molar refractivity (Wildman–Crippen MR) is 173 cm³/mol. The van der Waals surface area contributed by atoms with Gasteiger partial charge in [-0.05, 0) is 49.6 Å². The molecule has 0 aliphatic carbocycles. The summed E-state index contributed by atoms with van der Waals surface area (Å²) >= 11 is 13.0. The lowest BCUT2D eigenvalue weighted by atomic mass is 10.0. The average molecular weight is 663 g/mol. The zero-order valence-electron chi connectivity index (χ0n) is 25.0. The molecule has 0 unspecified atom stereocenters. The minimum absolute atomic E-state index is 0.000712. The second-order valence-electron chi connectivity index (χ2n) is 10.7. The van der Waals surface area contributed by atoms with Gasteiger partial charge in [0.1, 0.15) is 6.04 Å². The Hall–Kier alpha value is -3.47. The first-order valence-corrected chi connectivity index (χ1v) is 17.0. The van der Waals surface area contributed by atoms with Crippen LogP contribution in [0.25, 0.3) is 0 Å². The maximum absolute atomic E-state index is 14.0. The third-order valence-corrected chi connectivity index (χ3v) is 9.36. The van der Waals surface area contributed by atoms with Crippen molar-refractivity contribution in [2.24, 2.45) is 0 Å². The summed E-state index contributed by atoms with van der Waals surface area (Å²) in [6.45, 7) is 3.97. The molecule has 0 fully saturated rings. The third kappa shape index (κ3) is 8.58. The molecule has 0 aromatic heterocycles. The molecule has 1 heterocycles. The van der Waals surface area contributed by atoms with Crippen molar-refractivity contribution in [1.29, 1.82) is 0 Å². The van der Waals surface area contributed by atoms with E-state index in [-0.39, 0.29) is 57.0 Å². The van der Waals surface area contributed by atoms with Crippen LogP contribution in [0.1, 0.15) is 44.2 Å². The smallest absolute Gasteiger partial charge is 0.243 e. The van der Waals surface area contributed by atoms with Gasteiger partial charge in [-0.15, -0.1) is 0 Å². The first kappa shape index (κ1) is 33.4. The maximum atomic E-state index is 14.0. The van der Waals surface area contributed by atoms with Crippen LogP contribution < -0.4 is 19.1 Å². The lowest BCUT2D eigenvalue weighted by Gasteiger charge is -2.33. The molecule has 0 bridgehead atoms. The maximum Gasteiger partial charge on any atom is 0.243 e. The molecular formula is C32H37Cl2N3O6S. The number of anilines is 1. The van der Waals surface area contributed by atoms with Crippen molar-refractivity contribution in [3.63, 3.8) is 0 Å². The first-order valence-electron chi connectivity index (χ1n) is 14.4. The van der Waals surface area contributed by atoms with Gasteiger partial charge < -0.3 is 19.7 Å². The van der Waals surface area contributed by atoms with Crippen LogP contribution >= 0.6 is 23.2 Å². The van der Waals surface area contributed by atoms with E-state index in [0.717, 1.165) is 18.2 Å². The van der Waals surface area contributed by atoms with Crippen LogP contribution in [0.2, 0.25) is 10.0 Å². The molecule has 0 radical (unpaired) electrons.